The van der Waals surface area contributed by atoms with E-state index >= 15 is 0 Å². The maximum Gasteiger partial charge on any atom is 0.334 e. The Morgan fingerprint density at radius 3 is 2.32 bits per heavy atom. The molecule has 0 spiro atoms. The molecule has 3 rings (SSSR count). The van der Waals surface area contributed by atoms with Crippen molar-refractivity contribution in [2.24, 2.45) is 0 Å². The highest BCUT2D eigenvalue weighted by molar-refractivity contribution is 6.44. The van der Waals surface area contributed by atoms with Gasteiger partial charge in [-0.3, -0.25) is 19.4 Å². The Labute approximate surface area is 149 Å². The van der Waals surface area contributed by atoms with Crippen molar-refractivity contribution in [3.63, 3.8) is 0 Å². The van der Waals surface area contributed by atoms with Crippen LogP contribution in [0.1, 0.15) is 5.56 Å². The fourth-order valence-electron chi connectivity index (χ4n) is 2.46. The summed E-state index contributed by atoms with van der Waals surface area (Å²) in [4.78, 5) is 38.3. The molecular formula is C18H15ClN2O4. The highest BCUT2D eigenvalue weighted by Gasteiger charge is 2.44. The first-order chi connectivity index (χ1) is 12.1. The molecule has 0 aliphatic carbocycles. The lowest BCUT2D eigenvalue weighted by Gasteiger charge is -2.16. The lowest BCUT2D eigenvalue weighted by atomic mass is 10.2. The summed E-state index contributed by atoms with van der Waals surface area (Å²) in [5.74, 6) is -1.13. The molecule has 2 aromatic rings. The zero-order valence-corrected chi connectivity index (χ0v) is 14.0. The maximum atomic E-state index is 12.4. The third-order valence-electron chi connectivity index (χ3n) is 3.70. The van der Waals surface area contributed by atoms with Gasteiger partial charge in [-0.15, -0.1) is 0 Å². The molecule has 1 fully saturated rings. The normalized spacial score (nSPS) is 14.4. The average molecular weight is 359 g/mol. The van der Waals surface area contributed by atoms with E-state index in [2.05, 4.69) is 0 Å². The second-order valence-electron chi connectivity index (χ2n) is 5.42. The van der Waals surface area contributed by atoms with Crippen molar-refractivity contribution >= 4 is 29.4 Å². The van der Waals surface area contributed by atoms with Gasteiger partial charge in [0.2, 0.25) is 0 Å². The van der Waals surface area contributed by atoms with E-state index in [-0.39, 0.29) is 19.7 Å². The number of imide groups is 2. The third kappa shape index (κ3) is 3.80. The van der Waals surface area contributed by atoms with E-state index < -0.39 is 17.8 Å². The minimum atomic E-state index is -0.837. The summed E-state index contributed by atoms with van der Waals surface area (Å²) >= 11 is 5.86. The largest absolute Gasteiger partial charge is 0.492 e. The number of amides is 4. The summed E-state index contributed by atoms with van der Waals surface area (Å²) < 4.78 is 5.47. The molecule has 6 nitrogen and oxygen atoms in total. The Morgan fingerprint density at radius 1 is 0.880 bits per heavy atom. The van der Waals surface area contributed by atoms with Gasteiger partial charge in [-0.2, -0.15) is 0 Å². The van der Waals surface area contributed by atoms with E-state index in [1.54, 1.807) is 48.5 Å². The molecule has 2 aromatic carbocycles. The van der Waals surface area contributed by atoms with Gasteiger partial charge in [-0.25, -0.2) is 4.79 Å². The van der Waals surface area contributed by atoms with Crippen LogP contribution in [-0.2, 0) is 16.1 Å². The van der Waals surface area contributed by atoms with Crippen molar-refractivity contribution in [3.05, 3.63) is 65.2 Å². The van der Waals surface area contributed by atoms with E-state index in [0.29, 0.717) is 10.8 Å². The van der Waals surface area contributed by atoms with Crippen molar-refractivity contribution in [1.82, 2.24) is 9.80 Å². The van der Waals surface area contributed by atoms with Crippen molar-refractivity contribution in [3.8, 4) is 5.75 Å². The van der Waals surface area contributed by atoms with E-state index in [9.17, 15) is 14.4 Å². The predicted octanol–water partition coefficient (Wildman–Crippen LogP) is 2.71. The molecule has 0 atom stereocenters. The van der Waals surface area contributed by atoms with E-state index in [1.165, 1.54) is 0 Å². The number of nitrogens with zero attached hydrogens (tertiary/aromatic N) is 2. The van der Waals surface area contributed by atoms with Gasteiger partial charge in [0.25, 0.3) is 0 Å². The summed E-state index contributed by atoms with van der Waals surface area (Å²) in [6.45, 7) is 0.126. The number of rotatable bonds is 6. The molecule has 0 N–H and O–H groups in total. The van der Waals surface area contributed by atoms with Crippen LogP contribution in [0.3, 0.4) is 0 Å². The summed E-state index contributed by atoms with van der Waals surface area (Å²) in [5.41, 5.74) is 0.772. The SMILES string of the molecule is O=C1C(=O)N(Cc2ccccc2)C(=O)N1CCOc1cccc(Cl)c1. The molecule has 0 unspecified atom stereocenters. The van der Waals surface area contributed by atoms with Crippen LogP contribution >= 0.6 is 11.6 Å². The van der Waals surface area contributed by atoms with Crippen LogP contribution in [0.4, 0.5) is 4.79 Å². The number of hydrogen-bond donors (Lipinski definition) is 0. The lowest BCUT2D eigenvalue weighted by Crippen LogP contribution is -2.35. The first-order valence-electron chi connectivity index (χ1n) is 7.66. The Bertz CT molecular complexity index is 810. The molecule has 0 saturated carbocycles. The Kier molecular flexibility index (Phi) is 5.00. The van der Waals surface area contributed by atoms with Crippen LogP contribution in [0.15, 0.2) is 54.6 Å². The topological polar surface area (TPSA) is 66.9 Å². The standard InChI is InChI=1S/C18H15ClN2O4/c19-14-7-4-8-15(11-14)25-10-9-20-16(22)17(23)21(18(20)24)12-13-5-2-1-3-6-13/h1-8,11H,9-10,12H2. The predicted molar refractivity (Wildman–Crippen MR) is 91.0 cm³/mol. The van der Waals surface area contributed by atoms with Crippen molar-refractivity contribution in [2.45, 2.75) is 6.54 Å². The van der Waals surface area contributed by atoms with Crippen LogP contribution in [0.25, 0.3) is 0 Å². The van der Waals surface area contributed by atoms with Gasteiger partial charge < -0.3 is 4.74 Å². The molecule has 25 heavy (non-hydrogen) atoms. The minimum absolute atomic E-state index is 0.0127. The quantitative estimate of drug-likeness (QED) is 0.588. The molecule has 0 radical (unpaired) electrons. The van der Waals surface area contributed by atoms with Crippen LogP contribution in [0.5, 0.6) is 5.75 Å². The fraction of sp³-hybridized carbons (Fsp3) is 0.167. The third-order valence-corrected chi connectivity index (χ3v) is 3.93. The van der Waals surface area contributed by atoms with E-state index in [1.807, 2.05) is 6.07 Å². The number of benzene rings is 2. The molecule has 1 saturated heterocycles. The van der Waals surface area contributed by atoms with Crippen LogP contribution in [-0.4, -0.2) is 40.8 Å². The summed E-state index contributed by atoms with van der Waals surface area (Å²) in [6.07, 6.45) is 0. The zero-order chi connectivity index (χ0) is 17.8. The number of hydrogen-bond acceptors (Lipinski definition) is 4. The molecule has 0 aromatic heterocycles. The van der Waals surface area contributed by atoms with Gasteiger partial charge >= 0.3 is 17.8 Å². The molecule has 128 valence electrons. The highest BCUT2D eigenvalue weighted by atomic mass is 35.5. The van der Waals surface area contributed by atoms with Gasteiger partial charge in [0.15, 0.2) is 0 Å². The Hall–Kier alpha value is -2.86. The first kappa shape index (κ1) is 17.0. The number of carbonyl (C=O) groups is 3. The highest BCUT2D eigenvalue weighted by Crippen LogP contribution is 2.18. The molecule has 7 heteroatoms. The van der Waals surface area contributed by atoms with Crippen molar-refractivity contribution < 1.29 is 19.1 Å². The van der Waals surface area contributed by atoms with Gasteiger partial charge in [0.1, 0.15) is 12.4 Å². The van der Waals surface area contributed by atoms with Crippen LogP contribution in [0, 0.1) is 0 Å². The summed E-state index contributed by atoms with van der Waals surface area (Å²) in [7, 11) is 0. The molecule has 0 bridgehead atoms. The maximum absolute atomic E-state index is 12.4. The van der Waals surface area contributed by atoms with Crippen LogP contribution in [0.2, 0.25) is 5.02 Å². The first-order valence-corrected chi connectivity index (χ1v) is 8.03. The Balaban J connectivity index is 1.61. The molecule has 1 aliphatic rings. The number of urea groups is 1. The van der Waals surface area contributed by atoms with Gasteiger partial charge in [0, 0.05) is 5.02 Å². The summed E-state index contributed by atoms with van der Waals surface area (Å²) in [6, 6.07) is 15.2. The number of ether oxygens (including phenoxy) is 1. The van der Waals surface area contributed by atoms with Gasteiger partial charge in [0.05, 0.1) is 13.1 Å². The Morgan fingerprint density at radius 2 is 1.60 bits per heavy atom. The van der Waals surface area contributed by atoms with Crippen molar-refractivity contribution in [1.29, 1.82) is 0 Å². The van der Waals surface area contributed by atoms with Gasteiger partial charge in [-0.05, 0) is 23.8 Å². The minimum Gasteiger partial charge on any atom is -0.492 e. The van der Waals surface area contributed by atoms with E-state index in [0.717, 1.165) is 15.4 Å². The second-order valence-corrected chi connectivity index (χ2v) is 5.86. The molecule has 1 heterocycles. The lowest BCUT2D eigenvalue weighted by molar-refractivity contribution is -0.143. The fourth-order valence-corrected chi connectivity index (χ4v) is 2.64. The zero-order valence-electron chi connectivity index (χ0n) is 13.2. The smallest absolute Gasteiger partial charge is 0.334 e. The molecule has 1 aliphatic heterocycles. The van der Waals surface area contributed by atoms with Crippen LogP contribution < -0.4 is 4.74 Å². The molecular weight excluding hydrogens is 344 g/mol. The van der Waals surface area contributed by atoms with Crippen molar-refractivity contribution in [2.75, 3.05) is 13.2 Å². The summed E-state index contributed by atoms with van der Waals surface area (Å²) in [5, 5.41) is 0.523. The number of carbonyl (C=O) groups excluding carboxylic acids is 3. The monoisotopic (exact) mass is 358 g/mol. The second kappa shape index (κ2) is 7.36. The average Bonchev–Trinajstić information content (AvgIpc) is 2.81. The number of halogens is 1. The van der Waals surface area contributed by atoms with Gasteiger partial charge in [-0.1, -0.05) is 48.0 Å². The molecule has 4 amide bonds. The van der Waals surface area contributed by atoms with E-state index in [4.69, 9.17) is 16.3 Å².